The molecule has 0 saturated heterocycles. The lowest BCUT2D eigenvalue weighted by Crippen LogP contribution is -2.33. The van der Waals surface area contributed by atoms with Crippen LogP contribution in [0.2, 0.25) is 0 Å². The minimum atomic E-state index is -3.01. The summed E-state index contributed by atoms with van der Waals surface area (Å²) in [5, 5.41) is 14.9. The van der Waals surface area contributed by atoms with Gasteiger partial charge in [-0.1, -0.05) is 146 Å². The highest BCUT2D eigenvalue weighted by Crippen LogP contribution is 2.55. The van der Waals surface area contributed by atoms with Gasteiger partial charge in [0.2, 0.25) is 0 Å². The van der Waals surface area contributed by atoms with Crippen LogP contribution in [-0.4, -0.2) is 73.0 Å². The van der Waals surface area contributed by atoms with Crippen LogP contribution >= 0.6 is 6.49 Å². The molecule has 0 saturated carbocycles. The SMILES string of the molecule is CN(/N=C\c1ccc(C[n+]2ccc(-c3cc[n+](Cc4ccc(C=O)cc4)cc3)cc2)cc1)P(=S)(N(C)/N=C/c1ccc(C[n+]2ccc(-c3cc[n+](Cc4ccc(C=O)cc4)cc3)cc2)cc1)N(C)/N=C/c1ccc(C[n+]2ccc(-c3cc[n+](Cc4ccc(C=O)cc4)cc3)cc2)cc1. The topological polar surface area (TPSA) is 121 Å². The van der Waals surface area contributed by atoms with Gasteiger partial charge in [0, 0.05) is 144 Å². The van der Waals surface area contributed by atoms with Crippen LogP contribution in [-0.2, 0) is 51.1 Å². The van der Waals surface area contributed by atoms with Crippen molar-refractivity contribution in [1.29, 1.82) is 0 Å². The molecule has 6 aromatic heterocycles. The van der Waals surface area contributed by atoms with E-state index in [1.807, 2.05) is 113 Å². The fourth-order valence-corrected chi connectivity index (χ4v) is 13.3. The molecule has 0 unspecified atom stereocenters. The summed E-state index contributed by atoms with van der Waals surface area (Å²) in [7, 11) is 5.65. The Morgan fingerprint density at radius 1 is 0.265 bits per heavy atom. The van der Waals surface area contributed by atoms with Gasteiger partial charge >= 0.3 is 0 Å². The molecule has 12 rings (SSSR count). The second kappa shape index (κ2) is 31.7. The largest absolute Gasteiger partial charge is 0.298 e. The highest BCUT2D eigenvalue weighted by atomic mass is 32.4. The van der Waals surface area contributed by atoms with Crippen molar-refractivity contribution in [2.24, 2.45) is 15.3 Å². The minimum absolute atomic E-state index is 0.676. The van der Waals surface area contributed by atoms with Crippen LogP contribution in [0.4, 0.5) is 0 Å². The van der Waals surface area contributed by atoms with Crippen LogP contribution < -0.4 is 27.4 Å². The molecule has 12 aromatic rings. The van der Waals surface area contributed by atoms with E-state index in [1.54, 1.807) is 14.3 Å². The Morgan fingerprint density at radius 3 is 0.571 bits per heavy atom. The number of pyridine rings is 6. The Kier molecular flexibility index (Phi) is 21.4. The molecule has 482 valence electrons. The zero-order valence-electron chi connectivity index (χ0n) is 54.9. The van der Waals surface area contributed by atoms with Crippen molar-refractivity contribution in [1.82, 2.24) is 14.3 Å². The summed E-state index contributed by atoms with van der Waals surface area (Å²) in [6, 6.07) is 73.8. The molecule has 98 heavy (non-hydrogen) atoms. The van der Waals surface area contributed by atoms with E-state index in [0.717, 1.165) is 122 Å². The lowest BCUT2D eigenvalue weighted by atomic mass is 10.1. The van der Waals surface area contributed by atoms with Gasteiger partial charge in [-0.15, -0.1) is 0 Å². The van der Waals surface area contributed by atoms with E-state index in [4.69, 9.17) is 27.1 Å². The molecule has 0 fully saturated rings. The number of hydrazone groups is 3. The molecule has 0 amide bonds. The van der Waals surface area contributed by atoms with Crippen molar-refractivity contribution in [3.8, 4) is 33.4 Å². The number of aldehydes is 3. The van der Waals surface area contributed by atoms with Gasteiger partial charge in [-0.25, -0.2) is 41.7 Å². The van der Waals surface area contributed by atoms with Gasteiger partial charge in [-0.3, -0.25) is 14.4 Å². The Labute approximate surface area is 577 Å². The van der Waals surface area contributed by atoms with Crippen LogP contribution in [0, 0.1) is 0 Å². The number of hydrogen-bond donors (Lipinski definition) is 0. The van der Waals surface area contributed by atoms with Crippen LogP contribution in [0.5, 0.6) is 0 Å². The maximum absolute atomic E-state index is 11.1. The lowest BCUT2D eigenvalue weighted by molar-refractivity contribution is -0.688. The van der Waals surface area contributed by atoms with Gasteiger partial charge in [0.25, 0.3) is 6.49 Å². The van der Waals surface area contributed by atoms with E-state index in [2.05, 4.69) is 247 Å². The molecule has 17 heteroatoms. The summed E-state index contributed by atoms with van der Waals surface area (Å²) < 4.78 is 18.3. The second-order valence-corrected chi connectivity index (χ2v) is 28.3. The number of carbonyl (C=O) groups is 3. The van der Waals surface area contributed by atoms with Gasteiger partial charge in [0.05, 0.1) is 18.6 Å². The Morgan fingerprint density at radius 2 is 0.418 bits per heavy atom. The highest BCUT2D eigenvalue weighted by molar-refractivity contribution is 8.11. The molecule has 15 nitrogen and oxygen atoms in total. The first kappa shape index (κ1) is 66.3. The van der Waals surface area contributed by atoms with Crippen LogP contribution in [0.25, 0.3) is 33.4 Å². The van der Waals surface area contributed by atoms with E-state index in [9.17, 15) is 14.4 Å². The fourth-order valence-electron chi connectivity index (χ4n) is 11.2. The maximum atomic E-state index is 11.1. The van der Waals surface area contributed by atoms with Gasteiger partial charge in [0.1, 0.15) is 18.9 Å². The third-order valence-corrected chi connectivity index (χ3v) is 21.8. The minimum Gasteiger partial charge on any atom is -0.298 e. The average molecular weight is 1330 g/mol. The van der Waals surface area contributed by atoms with Crippen molar-refractivity contribution in [3.63, 3.8) is 0 Å². The third-order valence-electron chi connectivity index (χ3n) is 17.1. The van der Waals surface area contributed by atoms with Crippen molar-refractivity contribution in [3.05, 3.63) is 360 Å². The quantitative estimate of drug-likeness (QED) is 0.0165. The average Bonchev–Trinajstić information content (AvgIpc) is 0.818. The van der Waals surface area contributed by atoms with Crippen molar-refractivity contribution in [2.75, 3.05) is 21.1 Å². The molecule has 0 bridgehead atoms. The van der Waals surface area contributed by atoms with Crippen molar-refractivity contribution in [2.45, 2.75) is 39.3 Å². The number of hydrogen-bond acceptors (Lipinski definition) is 7. The van der Waals surface area contributed by atoms with E-state index in [0.29, 0.717) is 36.3 Å². The maximum Gasteiger partial charge on any atom is 0.265 e. The summed E-state index contributed by atoms with van der Waals surface area (Å²) >= 11 is 6.64. The Hall–Kier alpha value is -11.7. The zero-order valence-corrected chi connectivity index (χ0v) is 56.6. The first-order chi connectivity index (χ1) is 47.9. The molecule has 0 aliphatic carbocycles. The van der Waals surface area contributed by atoms with Crippen LogP contribution in [0.15, 0.2) is 308 Å². The van der Waals surface area contributed by atoms with Gasteiger partial charge in [-0.2, -0.15) is 15.3 Å². The standard InChI is InChI=1S/C81H75N12O3PS/c1-85(82-52-64-4-10-67(11-5-64)55-88-40-28-76(29-41-88)79-34-46-91(47-35-79)58-70-16-22-73(61-94)23-17-70)97(98,86(2)83-53-65-6-12-68(13-7-65)56-89-42-30-77(31-43-89)80-36-48-92(49-37-80)59-71-18-24-74(62-95)25-19-71)87(3)84-54-66-8-14-69(15-9-66)57-90-44-32-78(33-45-90)81-38-50-93(51-39-81)60-72-20-26-75(63-96)27-21-72/h4-54,61-63H,55-60H2,1-3H3/q+6/b82-52-,83-53+,84-54+. The molecule has 0 N–H and O–H groups in total. The number of aromatic nitrogens is 6. The van der Waals surface area contributed by atoms with E-state index >= 15 is 0 Å². The summed E-state index contributed by atoms with van der Waals surface area (Å²) in [5.74, 6) is 0. The monoisotopic (exact) mass is 1330 g/mol. The number of rotatable bonds is 27. The highest BCUT2D eigenvalue weighted by Gasteiger charge is 2.32. The number of nitrogens with zero attached hydrogens (tertiary/aromatic N) is 12. The van der Waals surface area contributed by atoms with Crippen LogP contribution in [0.1, 0.15) is 81.1 Å². The third kappa shape index (κ3) is 17.4. The summed E-state index contributed by atoms with van der Waals surface area (Å²) in [4.78, 5) is 33.2. The Balaban J connectivity index is 0.688. The normalized spacial score (nSPS) is 11.5. The second-order valence-electron chi connectivity index (χ2n) is 24.1. The van der Waals surface area contributed by atoms with E-state index in [-0.39, 0.29) is 0 Å². The predicted octanol–water partition coefficient (Wildman–Crippen LogP) is 11.6. The molecule has 0 atom stereocenters. The van der Waals surface area contributed by atoms with Crippen molar-refractivity contribution >= 4 is 55.8 Å². The van der Waals surface area contributed by atoms with E-state index < -0.39 is 6.49 Å². The molecular formula is C81H75N12O3PS+6. The van der Waals surface area contributed by atoms with E-state index in [1.165, 1.54) is 0 Å². The fraction of sp³-hybridized carbons (Fsp3) is 0.111. The zero-order chi connectivity index (χ0) is 67.6. The first-order valence-corrected chi connectivity index (χ1v) is 34.9. The first-order valence-electron chi connectivity index (χ1n) is 32.2. The molecular weight excluding hydrogens is 1250 g/mol. The van der Waals surface area contributed by atoms with Gasteiger partial charge in [-0.05, 0) is 61.9 Å². The summed E-state index contributed by atoms with van der Waals surface area (Å²) in [6.45, 7) is 1.27. The summed E-state index contributed by atoms with van der Waals surface area (Å²) in [5.41, 5.74) is 18.4. The number of benzene rings is 6. The smallest absolute Gasteiger partial charge is 0.265 e. The molecule has 6 heterocycles. The van der Waals surface area contributed by atoms with Crippen molar-refractivity contribution < 1.29 is 41.8 Å². The molecule has 0 aliphatic heterocycles. The molecule has 0 spiro atoms. The van der Waals surface area contributed by atoms with Crippen LogP contribution in [0.3, 0.4) is 0 Å². The summed E-state index contributed by atoms with van der Waals surface area (Å²) in [6.07, 6.45) is 33.2. The van der Waals surface area contributed by atoms with Gasteiger partial charge in [0.15, 0.2) is 114 Å². The molecule has 0 radical (unpaired) electrons. The molecule has 6 aromatic carbocycles. The Bertz CT molecular complexity index is 4300. The predicted molar refractivity (Wildman–Crippen MR) is 387 cm³/mol. The molecule has 0 aliphatic rings. The number of carbonyl (C=O) groups excluding carboxylic acids is 3. The van der Waals surface area contributed by atoms with Gasteiger partial charge < -0.3 is 0 Å². The lowest BCUT2D eigenvalue weighted by Gasteiger charge is -2.39.